The molecule has 2 fully saturated rings. The first kappa shape index (κ1) is 22.4. The second-order valence-electron chi connectivity index (χ2n) is 9.71. The first-order valence-electron chi connectivity index (χ1n) is 9.86. The van der Waals surface area contributed by atoms with E-state index < -0.39 is 56.0 Å². The molecule has 29 heavy (non-hydrogen) atoms. The number of H-pyrrole nitrogens is 1. The quantitative estimate of drug-likeness (QED) is 0.696. The zero-order valence-electron chi connectivity index (χ0n) is 18.1. The van der Waals surface area contributed by atoms with E-state index in [1.165, 1.54) is 12.3 Å². The normalized spacial score (nSPS) is 32.2. The highest BCUT2D eigenvalue weighted by atomic mass is 28.4. The molecule has 3 rings (SSSR count). The predicted octanol–water partition coefficient (Wildman–Crippen LogP) is 1.34. The number of aromatic amines is 1. The van der Waals surface area contributed by atoms with E-state index in [-0.39, 0.29) is 11.6 Å². The smallest absolute Gasteiger partial charge is 0.330 e. The fraction of sp³-hybridized carbons (Fsp3) is 0.789. The number of hydrogen-bond donors (Lipinski definition) is 2. The van der Waals surface area contributed by atoms with Crippen LogP contribution in [-0.2, 0) is 18.6 Å². The van der Waals surface area contributed by atoms with Crippen LogP contribution in [0.3, 0.4) is 0 Å². The van der Waals surface area contributed by atoms with Crippen molar-refractivity contribution in [3.05, 3.63) is 33.1 Å². The van der Waals surface area contributed by atoms with E-state index in [1.54, 1.807) is 13.8 Å². The highest BCUT2D eigenvalue weighted by molar-refractivity contribution is 6.74. The minimum atomic E-state index is -2.06. The van der Waals surface area contributed by atoms with Gasteiger partial charge in [0, 0.05) is 12.3 Å². The van der Waals surface area contributed by atoms with Gasteiger partial charge in [0.25, 0.3) is 5.56 Å². The second-order valence-corrected chi connectivity index (χ2v) is 14.5. The number of hydrogen-bond acceptors (Lipinski definition) is 7. The zero-order chi connectivity index (χ0) is 21.8. The average molecular weight is 429 g/mol. The Hall–Kier alpha value is -1.30. The Morgan fingerprint density at radius 3 is 2.45 bits per heavy atom. The summed E-state index contributed by atoms with van der Waals surface area (Å²) < 4.78 is 25.5. The molecule has 2 saturated heterocycles. The van der Waals surface area contributed by atoms with Crippen molar-refractivity contribution >= 4 is 8.32 Å². The largest absolute Gasteiger partial charge is 0.414 e. The van der Waals surface area contributed by atoms with Crippen LogP contribution in [0, 0.1) is 0 Å². The van der Waals surface area contributed by atoms with Crippen molar-refractivity contribution in [1.29, 1.82) is 0 Å². The Morgan fingerprint density at radius 1 is 1.24 bits per heavy atom. The van der Waals surface area contributed by atoms with Crippen LogP contribution < -0.4 is 11.2 Å². The summed E-state index contributed by atoms with van der Waals surface area (Å²) in [6.45, 7) is 14.5. The monoisotopic (exact) mass is 428 g/mol. The highest BCUT2D eigenvalue weighted by Crippen LogP contribution is 2.42. The Bertz CT molecular complexity index is 857. The molecule has 0 spiro atoms. The lowest BCUT2D eigenvalue weighted by Gasteiger charge is -2.43. The topological polar surface area (TPSA) is 112 Å². The van der Waals surface area contributed by atoms with Gasteiger partial charge >= 0.3 is 5.69 Å². The fourth-order valence-corrected chi connectivity index (χ4v) is 4.38. The van der Waals surface area contributed by atoms with Crippen LogP contribution in [0.1, 0.15) is 40.8 Å². The number of ether oxygens (including phenoxy) is 3. The van der Waals surface area contributed by atoms with Gasteiger partial charge in [0.05, 0.1) is 6.61 Å². The Kier molecular flexibility index (Phi) is 5.74. The molecule has 164 valence electrons. The van der Waals surface area contributed by atoms with E-state index in [0.717, 1.165) is 4.57 Å². The summed E-state index contributed by atoms with van der Waals surface area (Å²) in [5.74, 6) is -0.903. The molecule has 0 aliphatic carbocycles. The van der Waals surface area contributed by atoms with Gasteiger partial charge < -0.3 is 23.7 Å². The van der Waals surface area contributed by atoms with Gasteiger partial charge in [-0.2, -0.15) is 0 Å². The molecule has 9 nitrogen and oxygen atoms in total. The number of aromatic nitrogens is 2. The van der Waals surface area contributed by atoms with E-state index in [0.29, 0.717) is 0 Å². The molecular formula is C19H32N2O7Si. The third-order valence-corrected chi connectivity index (χ3v) is 10.5. The number of nitrogens with zero attached hydrogens (tertiary/aromatic N) is 1. The van der Waals surface area contributed by atoms with Gasteiger partial charge in [0.1, 0.15) is 24.4 Å². The first-order valence-corrected chi connectivity index (χ1v) is 12.8. The molecule has 0 aromatic carbocycles. The molecule has 2 N–H and O–H groups in total. The molecule has 0 radical (unpaired) electrons. The van der Waals surface area contributed by atoms with Crippen LogP contribution in [0.25, 0.3) is 0 Å². The molecular weight excluding hydrogens is 396 g/mol. The zero-order valence-corrected chi connectivity index (χ0v) is 19.1. The van der Waals surface area contributed by atoms with E-state index in [1.807, 2.05) is 0 Å². The molecule has 0 bridgehead atoms. The first-order chi connectivity index (χ1) is 13.2. The predicted molar refractivity (Wildman–Crippen MR) is 108 cm³/mol. The Labute approximate surface area is 171 Å². The van der Waals surface area contributed by atoms with E-state index in [2.05, 4.69) is 38.8 Å². The molecule has 0 amide bonds. The van der Waals surface area contributed by atoms with Gasteiger partial charge in [-0.3, -0.25) is 14.3 Å². The van der Waals surface area contributed by atoms with Crippen molar-refractivity contribution in [2.75, 3.05) is 6.61 Å². The molecule has 1 aromatic heterocycles. The highest BCUT2D eigenvalue weighted by Gasteiger charge is 2.56. The van der Waals surface area contributed by atoms with Gasteiger partial charge in [-0.25, -0.2) is 4.79 Å². The minimum absolute atomic E-state index is 0.0160. The van der Waals surface area contributed by atoms with Crippen molar-refractivity contribution in [1.82, 2.24) is 9.55 Å². The minimum Gasteiger partial charge on any atom is -0.414 e. The van der Waals surface area contributed by atoms with Gasteiger partial charge in [-0.1, -0.05) is 20.8 Å². The van der Waals surface area contributed by atoms with Crippen molar-refractivity contribution in [3.63, 3.8) is 0 Å². The van der Waals surface area contributed by atoms with Gasteiger partial charge in [-0.15, -0.1) is 0 Å². The third-order valence-electron chi connectivity index (χ3n) is 6.01. The van der Waals surface area contributed by atoms with Crippen molar-refractivity contribution < 1.29 is 23.7 Å². The summed E-state index contributed by atoms with van der Waals surface area (Å²) >= 11 is 0. The van der Waals surface area contributed by atoms with Crippen LogP contribution in [0.2, 0.25) is 18.1 Å². The molecule has 0 unspecified atom stereocenters. The summed E-state index contributed by atoms with van der Waals surface area (Å²) in [6, 6.07) is 1.21. The second kappa shape index (κ2) is 7.43. The fourth-order valence-electron chi connectivity index (χ4n) is 3.37. The Morgan fingerprint density at radius 2 is 1.86 bits per heavy atom. The lowest BCUT2D eigenvalue weighted by Crippen LogP contribution is -2.57. The van der Waals surface area contributed by atoms with Crippen LogP contribution in [-0.4, -0.2) is 59.8 Å². The van der Waals surface area contributed by atoms with Crippen LogP contribution >= 0.6 is 0 Å². The number of fused-ring (bicyclic) bond motifs is 1. The van der Waals surface area contributed by atoms with Gasteiger partial charge in [-0.05, 0) is 32.0 Å². The lowest BCUT2D eigenvalue weighted by molar-refractivity contribution is -0.222. The Balaban J connectivity index is 1.90. The van der Waals surface area contributed by atoms with Crippen LogP contribution in [0.5, 0.6) is 0 Å². The van der Waals surface area contributed by atoms with Gasteiger partial charge in [0.15, 0.2) is 20.3 Å². The van der Waals surface area contributed by atoms with Crippen molar-refractivity contribution in [2.45, 2.75) is 89.2 Å². The SMILES string of the molecule is CC1(C)O[C@@H]2[C@@H](O)[C@H](n3ccc(=O)[nH]c3=O)O[C@H](CO[Si](C)(C)C(C)(C)C)[C@@H]2O1. The molecule has 2 aliphatic rings. The maximum absolute atomic E-state index is 12.3. The molecule has 10 heteroatoms. The summed E-state index contributed by atoms with van der Waals surface area (Å²) in [5, 5.41) is 10.9. The molecule has 2 aliphatic heterocycles. The summed E-state index contributed by atoms with van der Waals surface area (Å²) in [7, 11) is -2.06. The maximum Gasteiger partial charge on any atom is 0.330 e. The number of nitrogens with one attached hydrogen (secondary N) is 1. The van der Waals surface area contributed by atoms with E-state index >= 15 is 0 Å². The molecule has 5 atom stereocenters. The summed E-state index contributed by atoms with van der Waals surface area (Å²) in [6.07, 6.45) is -2.68. The van der Waals surface area contributed by atoms with Gasteiger partial charge in [0.2, 0.25) is 0 Å². The molecule has 3 heterocycles. The van der Waals surface area contributed by atoms with Crippen LogP contribution in [0.4, 0.5) is 0 Å². The van der Waals surface area contributed by atoms with Crippen molar-refractivity contribution in [3.8, 4) is 0 Å². The molecule has 0 saturated carbocycles. The number of aliphatic hydroxyl groups is 1. The average Bonchev–Trinajstić information content (AvgIpc) is 2.90. The van der Waals surface area contributed by atoms with E-state index in [4.69, 9.17) is 18.6 Å². The number of rotatable bonds is 4. The standard InChI is InChI=1S/C19H32N2O7Si/c1-18(2,3)29(6,7)25-10-11-14-15(28-19(4,5)27-14)13(23)16(26-11)21-9-8-12(22)20-17(21)24/h8-9,11,13-16,23H,10H2,1-7H3,(H,20,22,24)/t11-,13-,14+,15-,16-/m1/s1. The number of aliphatic hydroxyl groups excluding tert-OH is 1. The summed E-state index contributed by atoms with van der Waals surface area (Å²) in [5.41, 5.74) is -1.18. The van der Waals surface area contributed by atoms with Crippen LogP contribution in [0.15, 0.2) is 21.9 Å². The van der Waals surface area contributed by atoms with Crippen molar-refractivity contribution in [2.24, 2.45) is 0 Å². The lowest BCUT2D eigenvalue weighted by atomic mass is 9.98. The molecule has 1 aromatic rings. The summed E-state index contributed by atoms with van der Waals surface area (Å²) in [4.78, 5) is 25.9. The van der Waals surface area contributed by atoms with E-state index in [9.17, 15) is 14.7 Å². The maximum atomic E-state index is 12.3. The third kappa shape index (κ3) is 4.42.